The minimum Gasteiger partial charge on any atom is -0.462 e. The molecule has 27 heavy (non-hydrogen) atoms. The van der Waals surface area contributed by atoms with E-state index in [2.05, 4.69) is 41.4 Å². The molecule has 6 nitrogen and oxygen atoms in total. The number of anilines is 1. The van der Waals surface area contributed by atoms with Crippen LogP contribution in [0.15, 0.2) is 5.38 Å². The number of thiophene rings is 1. The highest BCUT2D eigenvalue weighted by molar-refractivity contribution is 7.20. The Morgan fingerprint density at radius 1 is 1.22 bits per heavy atom. The molecule has 3 heterocycles. The van der Waals surface area contributed by atoms with Crippen LogP contribution in [-0.4, -0.2) is 27.5 Å². The van der Waals surface area contributed by atoms with Gasteiger partial charge in [0, 0.05) is 11.3 Å². The van der Waals surface area contributed by atoms with Gasteiger partial charge in [-0.3, -0.25) is 0 Å². The molecular formula is C19H24N4O2S2. The highest BCUT2D eigenvalue weighted by Crippen LogP contribution is 2.36. The second kappa shape index (κ2) is 7.90. The molecule has 3 aromatic rings. The molecule has 1 unspecified atom stereocenters. The van der Waals surface area contributed by atoms with Gasteiger partial charge in [0.2, 0.25) is 0 Å². The molecule has 0 fully saturated rings. The molecule has 0 amide bonds. The van der Waals surface area contributed by atoms with E-state index in [-0.39, 0.29) is 12.0 Å². The fourth-order valence-corrected chi connectivity index (χ4v) is 4.83. The predicted molar refractivity (Wildman–Crippen MR) is 111 cm³/mol. The van der Waals surface area contributed by atoms with Crippen molar-refractivity contribution in [2.75, 3.05) is 11.9 Å². The Labute approximate surface area is 167 Å². The molecule has 0 spiro atoms. The lowest BCUT2D eigenvalue weighted by Crippen LogP contribution is -2.10. The minimum atomic E-state index is -0.310. The van der Waals surface area contributed by atoms with E-state index in [4.69, 9.17) is 9.72 Å². The molecule has 144 valence electrons. The summed E-state index contributed by atoms with van der Waals surface area (Å²) in [5.41, 5.74) is 1.84. The second-order valence-corrected chi connectivity index (χ2v) is 8.60. The van der Waals surface area contributed by atoms with Crippen LogP contribution in [0, 0.1) is 13.8 Å². The number of aromatic nitrogens is 3. The van der Waals surface area contributed by atoms with Crippen molar-refractivity contribution in [3.05, 3.63) is 32.3 Å². The minimum absolute atomic E-state index is 0.00315. The maximum atomic E-state index is 12.3. The summed E-state index contributed by atoms with van der Waals surface area (Å²) in [5.74, 6) is 1.49. The summed E-state index contributed by atoms with van der Waals surface area (Å²) >= 11 is 3.03. The standard InChI is InChI=1S/C19H24N4O2S2/c1-7-25-19(24)15-10(4)14-16(21-12(6)22-18(14)27-15)20-11(5)13-8-26-17(23-13)9(2)3/h8-9,11H,7H2,1-6H3,(H,20,21,22). The van der Waals surface area contributed by atoms with Gasteiger partial charge in [-0.2, -0.15) is 0 Å². The van der Waals surface area contributed by atoms with Crippen LogP contribution >= 0.6 is 22.7 Å². The molecule has 0 aromatic carbocycles. The summed E-state index contributed by atoms with van der Waals surface area (Å²) in [5, 5.41) is 7.55. The fraction of sp³-hybridized carbons (Fsp3) is 0.474. The van der Waals surface area contributed by atoms with Crippen LogP contribution in [0.1, 0.15) is 71.4 Å². The summed E-state index contributed by atoms with van der Waals surface area (Å²) in [7, 11) is 0. The molecule has 0 aliphatic rings. The number of ether oxygens (including phenoxy) is 1. The smallest absolute Gasteiger partial charge is 0.348 e. The first kappa shape index (κ1) is 19.7. The average Bonchev–Trinajstić information content (AvgIpc) is 3.20. The Balaban J connectivity index is 1.98. The van der Waals surface area contributed by atoms with E-state index in [1.807, 2.05) is 13.8 Å². The van der Waals surface area contributed by atoms with E-state index < -0.39 is 0 Å². The number of hydrogen-bond acceptors (Lipinski definition) is 8. The Hall–Kier alpha value is -2.06. The lowest BCUT2D eigenvalue weighted by Gasteiger charge is -2.14. The number of thiazole rings is 1. The molecule has 3 aromatic heterocycles. The molecule has 0 radical (unpaired) electrons. The molecule has 0 aliphatic carbocycles. The summed E-state index contributed by atoms with van der Waals surface area (Å²) in [4.78, 5) is 27.5. The zero-order chi connectivity index (χ0) is 19.7. The van der Waals surface area contributed by atoms with E-state index in [0.29, 0.717) is 23.2 Å². The van der Waals surface area contributed by atoms with Crippen molar-refractivity contribution in [2.45, 2.75) is 53.5 Å². The Morgan fingerprint density at radius 3 is 2.59 bits per heavy atom. The molecule has 0 bridgehead atoms. The van der Waals surface area contributed by atoms with Crippen molar-refractivity contribution in [1.82, 2.24) is 15.0 Å². The number of carbonyl (C=O) groups excluding carboxylic acids is 1. The van der Waals surface area contributed by atoms with Crippen LogP contribution in [0.25, 0.3) is 10.2 Å². The quantitative estimate of drug-likeness (QED) is 0.566. The lowest BCUT2D eigenvalue weighted by atomic mass is 10.2. The molecule has 0 saturated carbocycles. The van der Waals surface area contributed by atoms with Crippen molar-refractivity contribution in [1.29, 1.82) is 0 Å². The predicted octanol–water partition coefficient (Wildman–Crippen LogP) is 5.24. The van der Waals surface area contributed by atoms with Crippen LogP contribution in [0.5, 0.6) is 0 Å². The fourth-order valence-electron chi connectivity index (χ4n) is 2.79. The van der Waals surface area contributed by atoms with Crippen LogP contribution < -0.4 is 5.32 Å². The highest BCUT2D eigenvalue weighted by atomic mass is 32.1. The molecule has 0 aliphatic heterocycles. The van der Waals surface area contributed by atoms with Gasteiger partial charge in [0.25, 0.3) is 0 Å². The lowest BCUT2D eigenvalue weighted by molar-refractivity contribution is 0.0531. The average molecular weight is 405 g/mol. The number of hydrogen-bond donors (Lipinski definition) is 1. The first-order valence-electron chi connectivity index (χ1n) is 8.98. The van der Waals surface area contributed by atoms with Gasteiger partial charge in [0.1, 0.15) is 21.3 Å². The molecule has 1 N–H and O–H groups in total. The van der Waals surface area contributed by atoms with Gasteiger partial charge in [-0.1, -0.05) is 13.8 Å². The molecule has 1 atom stereocenters. The van der Waals surface area contributed by atoms with Crippen LogP contribution in [-0.2, 0) is 4.74 Å². The summed E-state index contributed by atoms with van der Waals surface area (Å²) in [6.07, 6.45) is 0. The molecule has 3 rings (SSSR count). The number of aryl methyl sites for hydroxylation is 2. The van der Waals surface area contributed by atoms with Crippen molar-refractivity contribution >= 4 is 44.7 Å². The maximum absolute atomic E-state index is 12.3. The van der Waals surface area contributed by atoms with Gasteiger partial charge in [-0.15, -0.1) is 22.7 Å². The van der Waals surface area contributed by atoms with Crippen LogP contribution in [0.4, 0.5) is 5.82 Å². The monoisotopic (exact) mass is 404 g/mol. The van der Waals surface area contributed by atoms with Crippen molar-refractivity contribution in [3.63, 3.8) is 0 Å². The number of nitrogens with one attached hydrogen (secondary N) is 1. The highest BCUT2D eigenvalue weighted by Gasteiger charge is 2.22. The third-order valence-electron chi connectivity index (χ3n) is 4.19. The topological polar surface area (TPSA) is 77.0 Å². The van der Waals surface area contributed by atoms with E-state index in [1.165, 1.54) is 11.3 Å². The zero-order valence-corrected chi connectivity index (χ0v) is 18.0. The molecule has 8 heteroatoms. The normalized spacial score (nSPS) is 12.6. The Morgan fingerprint density at radius 2 is 1.96 bits per heavy atom. The third-order valence-corrected chi connectivity index (χ3v) is 6.52. The van der Waals surface area contributed by atoms with E-state index in [0.717, 1.165) is 32.3 Å². The van der Waals surface area contributed by atoms with Gasteiger partial charge >= 0.3 is 5.97 Å². The Bertz CT molecular complexity index is 978. The van der Waals surface area contributed by atoms with Crippen molar-refractivity contribution in [3.8, 4) is 0 Å². The van der Waals surface area contributed by atoms with E-state index in [1.54, 1.807) is 18.3 Å². The SMILES string of the molecule is CCOC(=O)c1sc2nc(C)nc(NC(C)c3csc(C(C)C)n3)c2c1C. The van der Waals surface area contributed by atoms with Gasteiger partial charge in [-0.05, 0) is 33.3 Å². The van der Waals surface area contributed by atoms with Gasteiger partial charge < -0.3 is 10.1 Å². The number of fused-ring (bicyclic) bond motifs is 1. The number of esters is 1. The van der Waals surface area contributed by atoms with Gasteiger partial charge in [-0.25, -0.2) is 19.7 Å². The third kappa shape index (κ3) is 3.96. The van der Waals surface area contributed by atoms with Gasteiger partial charge in [0.05, 0.1) is 28.7 Å². The van der Waals surface area contributed by atoms with Gasteiger partial charge in [0.15, 0.2) is 0 Å². The molecule has 0 saturated heterocycles. The maximum Gasteiger partial charge on any atom is 0.348 e. The number of nitrogens with zero attached hydrogens (tertiary/aromatic N) is 3. The largest absolute Gasteiger partial charge is 0.462 e. The first-order chi connectivity index (χ1) is 12.8. The summed E-state index contributed by atoms with van der Waals surface area (Å²) < 4.78 is 5.18. The first-order valence-corrected chi connectivity index (χ1v) is 10.7. The Kier molecular flexibility index (Phi) is 5.76. The van der Waals surface area contributed by atoms with E-state index in [9.17, 15) is 4.79 Å². The summed E-state index contributed by atoms with van der Waals surface area (Å²) in [6, 6.07) is -0.00315. The number of rotatable bonds is 6. The van der Waals surface area contributed by atoms with Crippen molar-refractivity contribution < 1.29 is 9.53 Å². The summed E-state index contributed by atoms with van der Waals surface area (Å²) in [6.45, 7) is 12.3. The van der Waals surface area contributed by atoms with Crippen LogP contribution in [0.2, 0.25) is 0 Å². The van der Waals surface area contributed by atoms with E-state index >= 15 is 0 Å². The zero-order valence-electron chi connectivity index (χ0n) is 16.4. The number of carbonyl (C=O) groups is 1. The second-order valence-electron chi connectivity index (χ2n) is 6.71. The van der Waals surface area contributed by atoms with Crippen LogP contribution in [0.3, 0.4) is 0 Å². The van der Waals surface area contributed by atoms with Crippen molar-refractivity contribution in [2.24, 2.45) is 0 Å². The molecular weight excluding hydrogens is 380 g/mol.